The van der Waals surface area contributed by atoms with E-state index in [2.05, 4.69) is 10.3 Å². The van der Waals surface area contributed by atoms with Crippen LogP contribution in [-0.2, 0) is 0 Å². The van der Waals surface area contributed by atoms with Gasteiger partial charge in [0.25, 0.3) is 0 Å². The summed E-state index contributed by atoms with van der Waals surface area (Å²) < 4.78 is 15.4. The highest BCUT2D eigenvalue weighted by molar-refractivity contribution is 6.31. The molecule has 5 nitrogen and oxygen atoms in total. The standard InChI is InChI=1S/C23H21ClFN5/c1-3-4-18(26)20-21(27-2)23(29-22(28-20)14-5-8-17(25)9-6-14)30-12-11-15-13-16(24)7-10-19(15)30/h5-13,26-27H,3-4H2,1-2H3. The number of fused-ring (bicyclic) bond motifs is 1. The molecule has 0 amide bonds. The topological polar surface area (TPSA) is 66.6 Å². The molecule has 2 aromatic heterocycles. The van der Waals surface area contributed by atoms with Crippen LogP contribution in [0.4, 0.5) is 10.1 Å². The van der Waals surface area contributed by atoms with Crippen molar-refractivity contribution >= 4 is 33.9 Å². The first-order valence-electron chi connectivity index (χ1n) is 9.72. The van der Waals surface area contributed by atoms with E-state index in [1.54, 1.807) is 19.2 Å². The molecule has 0 aliphatic rings. The van der Waals surface area contributed by atoms with Gasteiger partial charge >= 0.3 is 0 Å². The lowest BCUT2D eigenvalue weighted by Gasteiger charge is -2.17. The molecule has 0 spiro atoms. The summed E-state index contributed by atoms with van der Waals surface area (Å²) in [6.07, 6.45) is 3.35. The van der Waals surface area contributed by atoms with Crippen molar-refractivity contribution in [3.05, 3.63) is 71.3 Å². The van der Waals surface area contributed by atoms with Crippen molar-refractivity contribution in [1.82, 2.24) is 14.5 Å². The highest BCUT2D eigenvalue weighted by Gasteiger charge is 2.20. The molecule has 0 radical (unpaired) electrons. The Morgan fingerprint density at radius 2 is 1.90 bits per heavy atom. The van der Waals surface area contributed by atoms with Crippen LogP contribution in [0.15, 0.2) is 54.7 Å². The molecule has 0 aliphatic heterocycles. The summed E-state index contributed by atoms with van der Waals surface area (Å²) in [6.45, 7) is 2.03. The quantitative estimate of drug-likeness (QED) is 0.370. The van der Waals surface area contributed by atoms with E-state index in [-0.39, 0.29) is 5.82 Å². The van der Waals surface area contributed by atoms with Crippen LogP contribution < -0.4 is 5.32 Å². The minimum Gasteiger partial charge on any atom is -0.383 e. The molecule has 0 aliphatic carbocycles. The number of aromatic nitrogens is 3. The number of hydrogen-bond acceptors (Lipinski definition) is 4. The molecule has 4 aromatic rings. The van der Waals surface area contributed by atoms with Gasteiger partial charge in [0.1, 0.15) is 17.2 Å². The molecular weight excluding hydrogens is 401 g/mol. The van der Waals surface area contributed by atoms with Gasteiger partial charge in [0, 0.05) is 29.2 Å². The van der Waals surface area contributed by atoms with E-state index in [4.69, 9.17) is 22.0 Å². The lowest BCUT2D eigenvalue weighted by atomic mass is 10.1. The molecule has 0 saturated heterocycles. The highest BCUT2D eigenvalue weighted by atomic mass is 35.5. The molecule has 2 N–H and O–H groups in total. The summed E-state index contributed by atoms with van der Waals surface area (Å²) in [5.74, 6) is 0.744. The molecule has 2 aromatic carbocycles. The SMILES string of the molecule is CCCC(=N)c1nc(-c2ccc(F)cc2)nc(-n2ccc3cc(Cl)ccc32)c1NC. The van der Waals surface area contributed by atoms with Crippen LogP contribution in [0.25, 0.3) is 28.1 Å². The minimum atomic E-state index is -0.321. The smallest absolute Gasteiger partial charge is 0.165 e. The highest BCUT2D eigenvalue weighted by Crippen LogP contribution is 2.31. The van der Waals surface area contributed by atoms with Gasteiger partial charge in [-0.15, -0.1) is 0 Å². The van der Waals surface area contributed by atoms with Crippen LogP contribution >= 0.6 is 11.6 Å². The normalized spacial score (nSPS) is 11.1. The Balaban J connectivity index is 1.99. The fourth-order valence-corrected chi connectivity index (χ4v) is 3.65. The van der Waals surface area contributed by atoms with Gasteiger partial charge in [0.15, 0.2) is 11.6 Å². The van der Waals surface area contributed by atoms with Crippen LogP contribution in [0.2, 0.25) is 5.02 Å². The Hall–Kier alpha value is -3.25. The first-order chi connectivity index (χ1) is 14.5. The van der Waals surface area contributed by atoms with E-state index in [0.717, 1.165) is 17.3 Å². The second kappa shape index (κ2) is 8.24. The predicted octanol–water partition coefficient (Wildman–Crippen LogP) is 6.09. The molecule has 0 unspecified atom stereocenters. The van der Waals surface area contributed by atoms with Crippen molar-refractivity contribution in [3.8, 4) is 17.2 Å². The maximum Gasteiger partial charge on any atom is 0.165 e. The van der Waals surface area contributed by atoms with E-state index >= 15 is 0 Å². The lowest BCUT2D eigenvalue weighted by Crippen LogP contribution is -2.13. The first-order valence-corrected chi connectivity index (χ1v) is 10.1. The molecular formula is C23H21ClFN5. The summed E-state index contributed by atoms with van der Waals surface area (Å²) in [7, 11) is 1.80. The third kappa shape index (κ3) is 3.66. The summed E-state index contributed by atoms with van der Waals surface area (Å²) in [5, 5.41) is 13.4. The van der Waals surface area contributed by atoms with Gasteiger partial charge in [-0.1, -0.05) is 24.9 Å². The molecule has 0 bridgehead atoms. The zero-order chi connectivity index (χ0) is 21.3. The molecule has 2 heterocycles. The lowest BCUT2D eigenvalue weighted by molar-refractivity contribution is 0.628. The maximum absolute atomic E-state index is 13.4. The summed E-state index contributed by atoms with van der Waals surface area (Å²) in [4.78, 5) is 9.47. The summed E-state index contributed by atoms with van der Waals surface area (Å²) in [5.41, 5.74) is 3.26. The van der Waals surface area contributed by atoms with Crippen LogP contribution in [-0.4, -0.2) is 27.3 Å². The van der Waals surface area contributed by atoms with Gasteiger partial charge in [-0.2, -0.15) is 0 Å². The van der Waals surface area contributed by atoms with Crippen molar-refractivity contribution in [3.63, 3.8) is 0 Å². The molecule has 0 fully saturated rings. The number of halogens is 2. The van der Waals surface area contributed by atoms with E-state index in [9.17, 15) is 4.39 Å². The van der Waals surface area contributed by atoms with E-state index in [1.807, 2.05) is 42.0 Å². The Morgan fingerprint density at radius 1 is 1.13 bits per heavy atom. The fraction of sp³-hybridized carbons (Fsp3) is 0.174. The van der Waals surface area contributed by atoms with Gasteiger partial charge in [0.2, 0.25) is 0 Å². The van der Waals surface area contributed by atoms with E-state index in [1.165, 1.54) is 12.1 Å². The van der Waals surface area contributed by atoms with Crippen LogP contribution in [0.5, 0.6) is 0 Å². The van der Waals surface area contributed by atoms with Crippen molar-refractivity contribution in [2.75, 3.05) is 12.4 Å². The average Bonchev–Trinajstić information content (AvgIpc) is 3.16. The fourth-order valence-electron chi connectivity index (χ4n) is 3.47. The number of nitrogens with zero attached hydrogens (tertiary/aromatic N) is 3. The average molecular weight is 422 g/mol. The Bertz CT molecular complexity index is 1230. The van der Waals surface area contributed by atoms with Crippen molar-refractivity contribution in [2.24, 2.45) is 0 Å². The monoisotopic (exact) mass is 421 g/mol. The second-order valence-corrected chi connectivity index (χ2v) is 7.41. The minimum absolute atomic E-state index is 0.321. The zero-order valence-corrected chi connectivity index (χ0v) is 17.5. The van der Waals surface area contributed by atoms with Gasteiger partial charge in [-0.05, 0) is 55.0 Å². The molecule has 30 heavy (non-hydrogen) atoms. The maximum atomic E-state index is 13.4. The molecule has 152 valence electrons. The zero-order valence-electron chi connectivity index (χ0n) is 16.7. The third-order valence-corrected chi connectivity index (χ3v) is 5.14. The van der Waals surface area contributed by atoms with Gasteiger partial charge < -0.3 is 10.7 Å². The molecule has 7 heteroatoms. The van der Waals surface area contributed by atoms with Gasteiger partial charge in [0.05, 0.1) is 11.2 Å². The van der Waals surface area contributed by atoms with Crippen LogP contribution in [0.1, 0.15) is 25.5 Å². The number of anilines is 1. The molecule has 4 rings (SSSR count). The summed E-state index contributed by atoms with van der Waals surface area (Å²) >= 11 is 6.15. The molecule has 0 saturated carbocycles. The number of rotatable bonds is 6. The van der Waals surface area contributed by atoms with E-state index in [0.29, 0.717) is 45.7 Å². The number of nitrogens with one attached hydrogen (secondary N) is 2. The molecule has 0 atom stereocenters. The number of hydrogen-bond donors (Lipinski definition) is 2. The Labute approximate surface area is 179 Å². The third-order valence-electron chi connectivity index (χ3n) is 4.91. The summed E-state index contributed by atoms with van der Waals surface area (Å²) in [6, 6.07) is 13.7. The van der Waals surface area contributed by atoms with Gasteiger partial charge in [-0.25, -0.2) is 14.4 Å². The van der Waals surface area contributed by atoms with Crippen molar-refractivity contribution in [2.45, 2.75) is 19.8 Å². The Kier molecular flexibility index (Phi) is 5.50. The van der Waals surface area contributed by atoms with Crippen molar-refractivity contribution in [1.29, 1.82) is 5.41 Å². The second-order valence-electron chi connectivity index (χ2n) is 6.97. The van der Waals surface area contributed by atoms with E-state index < -0.39 is 0 Å². The largest absolute Gasteiger partial charge is 0.383 e. The van der Waals surface area contributed by atoms with Gasteiger partial charge in [-0.3, -0.25) is 4.57 Å². The van der Waals surface area contributed by atoms with Crippen molar-refractivity contribution < 1.29 is 4.39 Å². The first kappa shape index (κ1) is 20.0. The predicted molar refractivity (Wildman–Crippen MR) is 121 cm³/mol. The Morgan fingerprint density at radius 3 is 2.60 bits per heavy atom. The number of benzene rings is 2. The van der Waals surface area contributed by atoms with Crippen LogP contribution in [0, 0.1) is 11.2 Å². The van der Waals surface area contributed by atoms with Crippen LogP contribution in [0.3, 0.4) is 0 Å².